The van der Waals surface area contributed by atoms with E-state index in [0.29, 0.717) is 18.1 Å². The van der Waals surface area contributed by atoms with Crippen molar-refractivity contribution in [1.82, 2.24) is 4.98 Å². The first-order chi connectivity index (χ1) is 15.6. The lowest BCUT2D eigenvalue weighted by molar-refractivity contribution is 0.284. The van der Waals surface area contributed by atoms with Crippen molar-refractivity contribution in [2.45, 2.75) is 20.5 Å². The van der Waals surface area contributed by atoms with E-state index >= 15 is 0 Å². The zero-order valence-electron chi connectivity index (χ0n) is 18.3. The fraction of sp³-hybridized carbons (Fsp3) is 0.154. The minimum absolute atomic E-state index is 0.446. The first kappa shape index (κ1) is 21.6. The number of aryl methyl sites for hydroxylation is 2. The Morgan fingerprint density at radius 2 is 1.84 bits per heavy atom. The summed E-state index contributed by atoms with van der Waals surface area (Å²) < 4.78 is 11.6. The summed E-state index contributed by atoms with van der Waals surface area (Å²) in [5, 5.41) is 7.13. The van der Waals surface area contributed by atoms with Crippen LogP contribution < -0.4 is 14.9 Å². The van der Waals surface area contributed by atoms with Gasteiger partial charge in [-0.2, -0.15) is 5.10 Å². The number of nitrogens with one attached hydrogen (secondary N) is 1. The molecule has 4 rings (SSSR count). The van der Waals surface area contributed by atoms with Gasteiger partial charge in [-0.1, -0.05) is 48.5 Å². The highest BCUT2D eigenvalue weighted by Gasteiger charge is 2.10. The summed E-state index contributed by atoms with van der Waals surface area (Å²) in [6.45, 7) is 4.67. The van der Waals surface area contributed by atoms with Gasteiger partial charge in [0, 0.05) is 16.5 Å². The Morgan fingerprint density at radius 3 is 2.62 bits per heavy atom. The van der Waals surface area contributed by atoms with Gasteiger partial charge < -0.3 is 9.47 Å². The summed E-state index contributed by atoms with van der Waals surface area (Å²) in [4.78, 5) is 4.65. The van der Waals surface area contributed by atoms with E-state index in [1.54, 1.807) is 13.3 Å². The summed E-state index contributed by atoms with van der Waals surface area (Å²) >= 11 is 1.52. The molecule has 1 aromatic heterocycles. The van der Waals surface area contributed by atoms with Crippen molar-refractivity contribution >= 4 is 22.7 Å². The van der Waals surface area contributed by atoms with E-state index in [0.717, 1.165) is 27.5 Å². The number of methoxy groups -OCH3 is 1. The van der Waals surface area contributed by atoms with E-state index in [9.17, 15) is 0 Å². The zero-order chi connectivity index (χ0) is 22.3. The third kappa shape index (κ3) is 5.15. The van der Waals surface area contributed by atoms with Gasteiger partial charge in [0.1, 0.15) is 6.61 Å². The summed E-state index contributed by atoms with van der Waals surface area (Å²) in [6, 6.07) is 22.1. The molecule has 0 aliphatic heterocycles. The first-order valence-corrected chi connectivity index (χ1v) is 11.2. The van der Waals surface area contributed by atoms with Gasteiger partial charge in [0.2, 0.25) is 5.13 Å². The number of para-hydroxylation sites is 1. The summed E-state index contributed by atoms with van der Waals surface area (Å²) in [6.07, 6.45) is 1.72. The third-order valence-electron chi connectivity index (χ3n) is 5.13. The normalized spacial score (nSPS) is 11.0. The fourth-order valence-corrected chi connectivity index (χ4v) is 3.86. The topological polar surface area (TPSA) is 55.7 Å². The lowest BCUT2D eigenvalue weighted by Gasteiger charge is -2.13. The molecule has 0 saturated carbocycles. The number of benzene rings is 3. The first-order valence-electron chi connectivity index (χ1n) is 10.3. The molecule has 0 radical (unpaired) electrons. The summed E-state index contributed by atoms with van der Waals surface area (Å²) in [5.41, 5.74) is 9.50. The molecule has 0 aliphatic carbocycles. The zero-order valence-corrected chi connectivity index (χ0v) is 19.1. The molecule has 1 heterocycles. The Labute approximate surface area is 192 Å². The van der Waals surface area contributed by atoms with Crippen LogP contribution in [0, 0.1) is 13.8 Å². The molecule has 0 amide bonds. The predicted octanol–water partition coefficient (Wildman–Crippen LogP) is 6.46. The second-order valence-corrected chi connectivity index (χ2v) is 8.22. The van der Waals surface area contributed by atoms with Crippen LogP contribution in [-0.4, -0.2) is 18.3 Å². The molecule has 3 aromatic carbocycles. The smallest absolute Gasteiger partial charge is 0.203 e. The van der Waals surface area contributed by atoms with Gasteiger partial charge in [0.05, 0.1) is 19.0 Å². The Hall–Kier alpha value is -3.64. The van der Waals surface area contributed by atoms with Gasteiger partial charge in [-0.15, -0.1) is 11.3 Å². The predicted molar refractivity (Wildman–Crippen MR) is 132 cm³/mol. The molecule has 0 unspecified atom stereocenters. The molecule has 6 heteroatoms. The quantitative estimate of drug-likeness (QED) is 0.251. The minimum atomic E-state index is 0.446. The maximum absolute atomic E-state index is 6.07. The molecule has 0 aliphatic rings. The molecule has 0 fully saturated rings. The van der Waals surface area contributed by atoms with E-state index in [1.165, 1.54) is 22.5 Å². The molecule has 162 valence electrons. The number of hydrogen-bond donors (Lipinski definition) is 1. The van der Waals surface area contributed by atoms with Gasteiger partial charge >= 0.3 is 0 Å². The van der Waals surface area contributed by atoms with Crippen LogP contribution in [0.1, 0.15) is 22.3 Å². The van der Waals surface area contributed by atoms with Crippen molar-refractivity contribution in [1.29, 1.82) is 0 Å². The monoisotopic (exact) mass is 443 g/mol. The van der Waals surface area contributed by atoms with Crippen LogP contribution in [0.4, 0.5) is 5.13 Å². The van der Waals surface area contributed by atoms with E-state index < -0.39 is 0 Å². The minimum Gasteiger partial charge on any atom is -0.493 e. The number of hydrazone groups is 1. The third-order valence-corrected chi connectivity index (χ3v) is 5.87. The van der Waals surface area contributed by atoms with Gasteiger partial charge in [0.25, 0.3) is 0 Å². The van der Waals surface area contributed by atoms with Gasteiger partial charge in [-0.05, 0) is 48.7 Å². The van der Waals surface area contributed by atoms with E-state index in [4.69, 9.17) is 9.47 Å². The number of rotatable bonds is 8. The molecule has 4 aromatic rings. The van der Waals surface area contributed by atoms with Gasteiger partial charge in [-0.25, -0.2) is 4.98 Å². The number of nitrogens with zero attached hydrogens (tertiary/aromatic N) is 2. The van der Waals surface area contributed by atoms with Gasteiger partial charge in [0.15, 0.2) is 11.5 Å². The molecule has 0 atom stereocenters. The van der Waals surface area contributed by atoms with Crippen LogP contribution in [-0.2, 0) is 6.61 Å². The molecule has 0 bridgehead atoms. The second-order valence-electron chi connectivity index (χ2n) is 7.36. The Balaban J connectivity index is 1.47. The van der Waals surface area contributed by atoms with Crippen LogP contribution in [0.2, 0.25) is 0 Å². The second kappa shape index (κ2) is 10.1. The SMILES string of the molecule is COc1cccc(/C=N\Nc2nc(-c3ccc(C)c(C)c3)cs2)c1OCc1ccccc1. The van der Waals surface area contributed by atoms with Crippen LogP contribution in [0.3, 0.4) is 0 Å². The standard InChI is InChI=1S/C26H25N3O2S/c1-18-12-13-21(14-19(18)2)23-17-32-26(28-23)29-27-15-22-10-7-11-24(30-3)25(22)31-16-20-8-5-4-6-9-20/h4-15,17H,16H2,1-3H3,(H,28,29)/b27-15-. The van der Waals surface area contributed by atoms with E-state index in [2.05, 4.69) is 47.6 Å². The summed E-state index contributed by atoms with van der Waals surface area (Å²) in [7, 11) is 1.63. The molecular formula is C26H25N3O2S. The molecule has 0 saturated heterocycles. The highest BCUT2D eigenvalue weighted by Crippen LogP contribution is 2.31. The summed E-state index contributed by atoms with van der Waals surface area (Å²) in [5.74, 6) is 1.32. The van der Waals surface area contributed by atoms with Crippen LogP contribution in [0.25, 0.3) is 11.3 Å². The molecule has 1 N–H and O–H groups in total. The highest BCUT2D eigenvalue weighted by molar-refractivity contribution is 7.14. The Kier molecular flexibility index (Phi) is 6.82. The number of aromatic nitrogens is 1. The van der Waals surface area contributed by atoms with Crippen molar-refractivity contribution in [2.75, 3.05) is 12.5 Å². The number of thiazole rings is 1. The van der Waals surface area contributed by atoms with E-state index in [1.807, 2.05) is 53.9 Å². The largest absolute Gasteiger partial charge is 0.493 e. The average molecular weight is 444 g/mol. The Morgan fingerprint density at radius 1 is 1.00 bits per heavy atom. The lowest BCUT2D eigenvalue weighted by atomic mass is 10.1. The van der Waals surface area contributed by atoms with Gasteiger partial charge in [-0.3, -0.25) is 5.43 Å². The number of anilines is 1. The maximum atomic E-state index is 6.07. The van der Waals surface area contributed by atoms with Crippen molar-refractivity contribution in [3.63, 3.8) is 0 Å². The van der Waals surface area contributed by atoms with Crippen LogP contribution in [0.5, 0.6) is 11.5 Å². The van der Waals surface area contributed by atoms with Crippen molar-refractivity contribution < 1.29 is 9.47 Å². The van der Waals surface area contributed by atoms with Crippen molar-refractivity contribution in [2.24, 2.45) is 5.10 Å². The van der Waals surface area contributed by atoms with Crippen LogP contribution in [0.15, 0.2) is 77.2 Å². The van der Waals surface area contributed by atoms with Crippen LogP contribution >= 0.6 is 11.3 Å². The van der Waals surface area contributed by atoms with Crippen molar-refractivity contribution in [3.8, 4) is 22.8 Å². The fourth-order valence-electron chi connectivity index (χ4n) is 3.19. The van der Waals surface area contributed by atoms with Crippen molar-refractivity contribution in [3.05, 3.63) is 94.4 Å². The number of ether oxygens (including phenoxy) is 2. The molecule has 5 nitrogen and oxygen atoms in total. The lowest BCUT2D eigenvalue weighted by Crippen LogP contribution is -2.01. The highest BCUT2D eigenvalue weighted by atomic mass is 32.1. The molecule has 0 spiro atoms. The number of hydrogen-bond acceptors (Lipinski definition) is 6. The Bertz CT molecular complexity index is 1220. The molecule has 32 heavy (non-hydrogen) atoms. The van der Waals surface area contributed by atoms with E-state index in [-0.39, 0.29) is 0 Å². The average Bonchev–Trinajstić information content (AvgIpc) is 3.29. The molecular weight excluding hydrogens is 418 g/mol. The maximum Gasteiger partial charge on any atom is 0.203 e.